The zero-order chi connectivity index (χ0) is 20.5. The van der Waals surface area contributed by atoms with Gasteiger partial charge in [-0.2, -0.15) is 0 Å². The summed E-state index contributed by atoms with van der Waals surface area (Å²) >= 11 is 3.28. The van der Waals surface area contributed by atoms with E-state index in [9.17, 15) is 13.2 Å². The van der Waals surface area contributed by atoms with Gasteiger partial charge in [-0.3, -0.25) is 4.79 Å². The molecule has 0 saturated heterocycles. The lowest BCUT2D eigenvalue weighted by Gasteiger charge is -2.23. The van der Waals surface area contributed by atoms with Gasteiger partial charge in [0.1, 0.15) is 0 Å². The monoisotopic (exact) mass is 460 g/mol. The van der Waals surface area contributed by atoms with E-state index in [0.717, 1.165) is 20.8 Å². The molecule has 0 saturated carbocycles. The number of fused-ring (bicyclic) bond motifs is 1. The molecule has 0 aromatic heterocycles. The summed E-state index contributed by atoms with van der Waals surface area (Å²) in [5.41, 5.74) is 1.11. The van der Waals surface area contributed by atoms with Gasteiger partial charge >= 0.3 is 0 Å². The number of sulfonamides is 1. The summed E-state index contributed by atoms with van der Waals surface area (Å²) in [6.45, 7) is 2.36. The molecule has 0 aliphatic rings. The van der Waals surface area contributed by atoms with Crippen molar-refractivity contribution in [3.63, 3.8) is 0 Å². The molecular weight excluding hydrogens is 440 g/mol. The SMILES string of the molecule is CCN(C(=O)c1ccc(Br)c(S(=O)(=O)N(C)C)c1)c1cccc2ccccc12. The van der Waals surface area contributed by atoms with Crippen LogP contribution in [0.25, 0.3) is 10.8 Å². The Balaban J connectivity index is 2.10. The number of hydrogen-bond donors (Lipinski definition) is 0. The van der Waals surface area contributed by atoms with Crippen LogP contribution >= 0.6 is 15.9 Å². The number of rotatable bonds is 5. The molecule has 0 unspecified atom stereocenters. The molecule has 0 N–H and O–H groups in total. The molecule has 0 spiro atoms. The van der Waals surface area contributed by atoms with Crippen molar-refractivity contribution in [2.24, 2.45) is 0 Å². The number of anilines is 1. The van der Waals surface area contributed by atoms with Gasteiger partial charge in [-0.15, -0.1) is 0 Å². The predicted molar refractivity (Wildman–Crippen MR) is 116 cm³/mol. The molecule has 7 heteroatoms. The van der Waals surface area contributed by atoms with E-state index in [1.165, 1.54) is 20.2 Å². The Hall–Kier alpha value is -2.22. The third-order valence-corrected chi connectivity index (χ3v) is 7.36. The van der Waals surface area contributed by atoms with E-state index < -0.39 is 10.0 Å². The fourth-order valence-corrected chi connectivity index (χ4v) is 4.90. The largest absolute Gasteiger partial charge is 0.308 e. The second-order valence-electron chi connectivity index (χ2n) is 6.48. The van der Waals surface area contributed by atoms with Crippen molar-refractivity contribution in [3.8, 4) is 0 Å². The van der Waals surface area contributed by atoms with E-state index in [4.69, 9.17) is 0 Å². The van der Waals surface area contributed by atoms with E-state index in [2.05, 4.69) is 15.9 Å². The fourth-order valence-electron chi connectivity index (χ4n) is 3.05. The summed E-state index contributed by atoms with van der Waals surface area (Å²) in [7, 11) is -0.754. The van der Waals surface area contributed by atoms with Gasteiger partial charge in [-0.05, 0) is 52.5 Å². The topological polar surface area (TPSA) is 57.7 Å². The first-order chi connectivity index (χ1) is 13.3. The summed E-state index contributed by atoms with van der Waals surface area (Å²) in [5.74, 6) is -0.249. The number of hydrogen-bond acceptors (Lipinski definition) is 3. The van der Waals surface area contributed by atoms with Crippen LogP contribution < -0.4 is 4.90 Å². The molecule has 0 aliphatic carbocycles. The zero-order valence-corrected chi connectivity index (χ0v) is 18.3. The Morgan fingerprint density at radius 1 is 1.00 bits per heavy atom. The van der Waals surface area contributed by atoms with E-state index >= 15 is 0 Å². The molecular formula is C21H21BrN2O3S. The third kappa shape index (κ3) is 3.70. The van der Waals surface area contributed by atoms with Crippen molar-refractivity contribution in [1.82, 2.24) is 4.31 Å². The molecule has 0 fully saturated rings. The first-order valence-electron chi connectivity index (χ1n) is 8.79. The van der Waals surface area contributed by atoms with Crippen LogP contribution in [0.1, 0.15) is 17.3 Å². The fraction of sp³-hybridized carbons (Fsp3) is 0.190. The molecule has 0 bridgehead atoms. The highest BCUT2D eigenvalue weighted by atomic mass is 79.9. The normalized spacial score (nSPS) is 11.8. The van der Waals surface area contributed by atoms with E-state index in [0.29, 0.717) is 16.6 Å². The van der Waals surface area contributed by atoms with Gasteiger partial charge < -0.3 is 4.90 Å². The van der Waals surface area contributed by atoms with Crippen LogP contribution in [0.2, 0.25) is 0 Å². The molecule has 0 aliphatic heterocycles. The summed E-state index contributed by atoms with van der Waals surface area (Å²) < 4.78 is 26.7. The summed E-state index contributed by atoms with van der Waals surface area (Å²) in [6.07, 6.45) is 0. The van der Waals surface area contributed by atoms with E-state index in [1.54, 1.807) is 17.0 Å². The van der Waals surface area contributed by atoms with Crippen LogP contribution in [0.3, 0.4) is 0 Å². The minimum Gasteiger partial charge on any atom is -0.308 e. The number of amides is 1. The number of halogens is 1. The lowest BCUT2D eigenvalue weighted by atomic mass is 10.1. The molecule has 0 radical (unpaired) electrons. The third-order valence-electron chi connectivity index (χ3n) is 4.56. The standard InChI is InChI=1S/C21H21BrN2O3S/c1-4-24(19-11-7-9-15-8-5-6-10-17(15)19)21(25)16-12-13-18(22)20(14-16)28(26,27)23(2)3/h5-14H,4H2,1-3H3. The van der Waals surface area contributed by atoms with Crippen LogP contribution in [-0.2, 0) is 10.0 Å². The molecule has 3 aromatic carbocycles. The predicted octanol–water partition coefficient (Wildman–Crippen LogP) is 4.52. The first-order valence-corrected chi connectivity index (χ1v) is 11.0. The Labute approximate surface area is 173 Å². The lowest BCUT2D eigenvalue weighted by Crippen LogP contribution is -2.31. The van der Waals surface area contributed by atoms with Crippen LogP contribution in [0.4, 0.5) is 5.69 Å². The first kappa shape index (κ1) is 20.5. The average molecular weight is 461 g/mol. The second-order valence-corrected chi connectivity index (χ2v) is 9.45. The molecule has 5 nitrogen and oxygen atoms in total. The molecule has 0 atom stereocenters. The quantitative estimate of drug-likeness (QED) is 0.562. The Morgan fingerprint density at radius 3 is 2.36 bits per heavy atom. The maximum absolute atomic E-state index is 13.3. The average Bonchev–Trinajstić information content (AvgIpc) is 2.68. The van der Waals surface area contributed by atoms with Crippen molar-refractivity contribution in [2.75, 3.05) is 25.5 Å². The molecule has 146 valence electrons. The molecule has 3 aromatic rings. The van der Waals surface area contributed by atoms with Gasteiger partial charge in [0.25, 0.3) is 5.91 Å². The minimum absolute atomic E-state index is 0.0670. The van der Waals surface area contributed by atoms with Crippen LogP contribution in [0.5, 0.6) is 0 Å². The molecule has 3 rings (SSSR count). The second kappa shape index (κ2) is 8.03. The van der Waals surface area contributed by atoms with Gasteiger partial charge in [0.05, 0.1) is 10.6 Å². The van der Waals surface area contributed by atoms with Crippen molar-refractivity contribution < 1.29 is 13.2 Å². The summed E-state index contributed by atoms with van der Waals surface area (Å²) in [4.78, 5) is 15.0. The maximum Gasteiger partial charge on any atom is 0.258 e. The number of carbonyl (C=O) groups excluding carboxylic acids is 1. The van der Waals surface area contributed by atoms with Crippen molar-refractivity contribution in [2.45, 2.75) is 11.8 Å². The van der Waals surface area contributed by atoms with Gasteiger partial charge in [-0.25, -0.2) is 12.7 Å². The summed E-state index contributed by atoms with van der Waals surface area (Å²) in [5, 5.41) is 2.01. The van der Waals surface area contributed by atoms with E-state index in [1.807, 2.05) is 49.4 Å². The Bertz CT molecular complexity index is 1140. The highest BCUT2D eigenvalue weighted by molar-refractivity contribution is 9.10. The van der Waals surface area contributed by atoms with Crippen LogP contribution in [0.15, 0.2) is 70.0 Å². The maximum atomic E-state index is 13.3. The van der Waals surface area contributed by atoms with Crippen molar-refractivity contribution in [1.29, 1.82) is 0 Å². The minimum atomic E-state index is -3.68. The van der Waals surface area contributed by atoms with Crippen LogP contribution in [-0.4, -0.2) is 39.3 Å². The number of nitrogens with zero attached hydrogens (tertiary/aromatic N) is 2. The summed E-state index contributed by atoms with van der Waals surface area (Å²) in [6, 6.07) is 18.3. The molecule has 0 heterocycles. The van der Waals surface area contributed by atoms with Gasteiger partial charge in [0, 0.05) is 36.1 Å². The van der Waals surface area contributed by atoms with Gasteiger partial charge in [0.15, 0.2) is 0 Å². The molecule has 28 heavy (non-hydrogen) atoms. The Morgan fingerprint density at radius 2 is 1.68 bits per heavy atom. The number of carbonyl (C=O) groups is 1. The highest BCUT2D eigenvalue weighted by Gasteiger charge is 2.24. The van der Waals surface area contributed by atoms with Crippen molar-refractivity contribution >= 4 is 48.3 Å². The molecule has 1 amide bonds. The van der Waals surface area contributed by atoms with Crippen molar-refractivity contribution in [3.05, 3.63) is 70.7 Å². The highest BCUT2D eigenvalue weighted by Crippen LogP contribution is 2.30. The Kier molecular flexibility index (Phi) is 5.88. The smallest absolute Gasteiger partial charge is 0.258 e. The van der Waals surface area contributed by atoms with Gasteiger partial charge in [-0.1, -0.05) is 36.4 Å². The van der Waals surface area contributed by atoms with E-state index in [-0.39, 0.29) is 10.8 Å². The number of benzene rings is 3. The lowest BCUT2D eigenvalue weighted by molar-refractivity contribution is 0.0988. The van der Waals surface area contributed by atoms with Crippen LogP contribution in [0, 0.1) is 0 Å². The van der Waals surface area contributed by atoms with Gasteiger partial charge in [0.2, 0.25) is 10.0 Å². The zero-order valence-electron chi connectivity index (χ0n) is 15.9.